The summed E-state index contributed by atoms with van der Waals surface area (Å²) in [6.07, 6.45) is 1.93. The highest BCUT2D eigenvalue weighted by atomic mass is 35.5. The van der Waals surface area contributed by atoms with Gasteiger partial charge in [-0.2, -0.15) is 0 Å². The lowest BCUT2D eigenvalue weighted by Gasteiger charge is -2.26. The summed E-state index contributed by atoms with van der Waals surface area (Å²) in [6.45, 7) is 5.39. The van der Waals surface area contributed by atoms with Gasteiger partial charge in [0.15, 0.2) is 0 Å². The first-order valence-electron chi connectivity index (χ1n) is 9.72. The smallest absolute Gasteiger partial charge is 0.322 e. The molecule has 30 heavy (non-hydrogen) atoms. The number of urea groups is 1. The molecule has 0 atom stereocenters. The van der Waals surface area contributed by atoms with Gasteiger partial charge < -0.3 is 14.8 Å². The number of halogens is 3. The van der Waals surface area contributed by atoms with Gasteiger partial charge in [0.25, 0.3) is 0 Å². The first kappa shape index (κ1) is 21.8. The van der Waals surface area contributed by atoms with E-state index in [1.165, 1.54) is 6.07 Å². The number of nitrogens with zero attached hydrogens (tertiary/aromatic N) is 2. The van der Waals surface area contributed by atoms with Gasteiger partial charge in [0.05, 0.1) is 12.2 Å². The van der Waals surface area contributed by atoms with Gasteiger partial charge in [-0.1, -0.05) is 43.6 Å². The third-order valence-corrected chi connectivity index (χ3v) is 4.99. The van der Waals surface area contributed by atoms with Gasteiger partial charge in [-0.15, -0.1) is 0 Å². The molecule has 0 bridgehead atoms. The van der Waals surface area contributed by atoms with Crippen LogP contribution in [0, 0.1) is 17.6 Å². The van der Waals surface area contributed by atoms with E-state index in [4.69, 9.17) is 11.6 Å². The second-order valence-corrected chi connectivity index (χ2v) is 7.95. The summed E-state index contributed by atoms with van der Waals surface area (Å²) in [7, 11) is 0. The zero-order valence-electron chi connectivity index (χ0n) is 16.9. The Kier molecular flexibility index (Phi) is 7.11. The average molecular weight is 432 g/mol. The van der Waals surface area contributed by atoms with Crippen molar-refractivity contribution < 1.29 is 13.6 Å². The maximum Gasteiger partial charge on any atom is 0.322 e. The third-order valence-electron chi connectivity index (χ3n) is 4.62. The molecule has 1 N–H and O–H groups in total. The molecular weight excluding hydrogens is 408 g/mol. The molecule has 3 rings (SSSR count). The summed E-state index contributed by atoms with van der Waals surface area (Å²) < 4.78 is 29.1. The van der Waals surface area contributed by atoms with E-state index in [0.717, 1.165) is 23.4 Å². The molecule has 0 aliphatic heterocycles. The van der Waals surface area contributed by atoms with E-state index in [2.05, 4.69) is 5.32 Å². The molecule has 0 saturated carbocycles. The standard InChI is InChI=1S/C23H24ClF2N3O/c1-16(2)13-29(23(30)27-22-10-9-18(25)12-21(22)26)15-19-7-5-11-28(19)14-17-6-3-4-8-20(17)24/h3-12,16H,13-15H2,1-2H3,(H,27,30). The molecule has 2 aromatic carbocycles. The molecule has 2 amide bonds. The van der Waals surface area contributed by atoms with Crippen molar-refractivity contribution in [3.05, 3.63) is 88.7 Å². The molecule has 3 aromatic rings. The minimum absolute atomic E-state index is 0.0541. The van der Waals surface area contributed by atoms with E-state index < -0.39 is 17.7 Å². The summed E-state index contributed by atoms with van der Waals surface area (Å²) in [6, 6.07) is 14.1. The molecule has 1 aromatic heterocycles. The Labute approximate surface area is 180 Å². The Balaban J connectivity index is 1.78. The lowest BCUT2D eigenvalue weighted by molar-refractivity contribution is 0.200. The maximum absolute atomic E-state index is 14.0. The van der Waals surface area contributed by atoms with Gasteiger partial charge in [-0.3, -0.25) is 0 Å². The van der Waals surface area contributed by atoms with Crippen molar-refractivity contribution in [3.8, 4) is 0 Å². The molecule has 0 spiro atoms. The molecule has 7 heteroatoms. The van der Waals surface area contributed by atoms with Crippen LogP contribution in [0.2, 0.25) is 5.02 Å². The van der Waals surface area contributed by atoms with Crippen molar-refractivity contribution in [2.45, 2.75) is 26.9 Å². The monoisotopic (exact) mass is 431 g/mol. The van der Waals surface area contributed by atoms with Crippen molar-refractivity contribution in [2.24, 2.45) is 5.92 Å². The topological polar surface area (TPSA) is 37.3 Å². The molecule has 1 heterocycles. The number of benzene rings is 2. The van der Waals surface area contributed by atoms with Crippen LogP contribution in [0.1, 0.15) is 25.1 Å². The highest BCUT2D eigenvalue weighted by Crippen LogP contribution is 2.20. The number of carbonyl (C=O) groups excluding carboxylic acids is 1. The summed E-state index contributed by atoms with van der Waals surface area (Å²) >= 11 is 6.28. The van der Waals surface area contributed by atoms with Gasteiger partial charge in [0.2, 0.25) is 0 Å². The predicted octanol–water partition coefficient (Wildman–Crippen LogP) is 6.16. The van der Waals surface area contributed by atoms with Crippen LogP contribution in [-0.4, -0.2) is 22.0 Å². The van der Waals surface area contributed by atoms with Gasteiger partial charge in [0, 0.05) is 36.1 Å². The van der Waals surface area contributed by atoms with Gasteiger partial charge in [-0.05, 0) is 41.8 Å². The Morgan fingerprint density at radius 2 is 1.90 bits per heavy atom. The number of aromatic nitrogens is 1. The lowest BCUT2D eigenvalue weighted by atomic mass is 10.2. The molecule has 0 aliphatic carbocycles. The fraction of sp³-hybridized carbons (Fsp3) is 0.261. The molecule has 0 fully saturated rings. The highest BCUT2D eigenvalue weighted by Gasteiger charge is 2.19. The fourth-order valence-electron chi connectivity index (χ4n) is 3.20. The minimum Gasteiger partial charge on any atom is -0.345 e. The Bertz CT molecular complexity index is 1020. The second kappa shape index (κ2) is 9.76. The lowest BCUT2D eigenvalue weighted by Crippen LogP contribution is -2.37. The van der Waals surface area contributed by atoms with Gasteiger partial charge in [-0.25, -0.2) is 13.6 Å². The van der Waals surface area contributed by atoms with Crippen molar-refractivity contribution >= 4 is 23.3 Å². The van der Waals surface area contributed by atoms with Gasteiger partial charge >= 0.3 is 6.03 Å². The van der Waals surface area contributed by atoms with Crippen LogP contribution in [0.5, 0.6) is 0 Å². The zero-order valence-corrected chi connectivity index (χ0v) is 17.7. The fourth-order valence-corrected chi connectivity index (χ4v) is 3.39. The molecule has 0 radical (unpaired) electrons. The molecule has 0 aliphatic rings. The van der Waals surface area contributed by atoms with Crippen LogP contribution in [0.4, 0.5) is 19.3 Å². The van der Waals surface area contributed by atoms with E-state index >= 15 is 0 Å². The van der Waals surface area contributed by atoms with Crippen LogP contribution >= 0.6 is 11.6 Å². The number of amides is 2. The normalized spacial score (nSPS) is 11.0. The summed E-state index contributed by atoms with van der Waals surface area (Å²) in [5, 5.41) is 3.23. The van der Waals surface area contributed by atoms with Gasteiger partial charge in [0.1, 0.15) is 11.6 Å². The minimum atomic E-state index is -0.810. The van der Waals surface area contributed by atoms with E-state index in [9.17, 15) is 13.6 Å². The number of nitrogens with one attached hydrogen (secondary N) is 1. The Morgan fingerprint density at radius 3 is 2.60 bits per heavy atom. The van der Waals surface area contributed by atoms with Crippen LogP contribution in [0.15, 0.2) is 60.8 Å². The first-order valence-corrected chi connectivity index (χ1v) is 10.1. The number of hydrogen-bond acceptors (Lipinski definition) is 1. The van der Waals surface area contributed by atoms with E-state index in [-0.39, 0.29) is 11.6 Å². The molecular formula is C23H24ClF2N3O. The number of carbonyl (C=O) groups is 1. The molecule has 0 saturated heterocycles. The Hall–Kier alpha value is -2.86. The van der Waals surface area contributed by atoms with Crippen LogP contribution < -0.4 is 5.32 Å². The number of anilines is 1. The predicted molar refractivity (Wildman–Crippen MR) is 116 cm³/mol. The highest BCUT2D eigenvalue weighted by molar-refractivity contribution is 6.31. The van der Waals surface area contributed by atoms with E-state index in [1.807, 2.05) is 61.0 Å². The summed E-state index contributed by atoms with van der Waals surface area (Å²) in [5.41, 5.74) is 1.84. The van der Waals surface area contributed by atoms with Crippen molar-refractivity contribution in [1.82, 2.24) is 9.47 Å². The maximum atomic E-state index is 14.0. The van der Waals surface area contributed by atoms with Crippen molar-refractivity contribution in [2.75, 3.05) is 11.9 Å². The molecule has 158 valence electrons. The average Bonchev–Trinajstić information content (AvgIpc) is 3.11. The Morgan fingerprint density at radius 1 is 1.13 bits per heavy atom. The summed E-state index contributed by atoms with van der Waals surface area (Å²) in [4.78, 5) is 14.5. The van der Waals surface area contributed by atoms with Crippen LogP contribution in [0.25, 0.3) is 0 Å². The molecule has 0 unspecified atom stereocenters. The number of hydrogen-bond donors (Lipinski definition) is 1. The van der Waals surface area contributed by atoms with Crippen LogP contribution in [0.3, 0.4) is 0 Å². The van der Waals surface area contributed by atoms with Crippen LogP contribution in [-0.2, 0) is 13.1 Å². The van der Waals surface area contributed by atoms with Crippen molar-refractivity contribution in [3.63, 3.8) is 0 Å². The van der Waals surface area contributed by atoms with E-state index in [0.29, 0.717) is 24.7 Å². The quantitative estimate of drug-likeness (QED) is 0.478. The second-order valence-electron chi connectivity index (χ2n) is 7.55. The first-order chi connectivity index (χ1) is 14.3. The van der Waals surface area contributed by atoms with E-state index in [1.54, 1.807) is 4.90 Å². The molecule has 4 nitrogen and oxygen atoms in total. The number of rotatable bonds is 7. The zero-order chi connectivity index (χ0) is 21.7. The SMILES string of the molecule is CC(C)CN(Cc1cccn1Cc1ccccc1Cl)C(=O)Nc1ccc(F)cc1F. The largest absolute Gasteiger partial charge is 0.345 e. The third kappa shape index (κ3) is 5.60. The van der Waals surface area contributed by atoms with Crippen molar-refractivity contribution in [1.29, 1.82) is 0 Å². The summed E-state index contributed by atoms with van der Waals surface area (Å²) in [5.74, 6) is -1.29.